The van der Waals surface area contributed by atoms with Crippen molar-refractivity contribution in [3.05, 3.63) is 125 Å². The second kappa shape index (κ2) is 11.7. The van der Waals surface area contributed by atoms with Crippen LogP contribution in [0.3, 0.4) is 0 Å². The summed E-state index contributed by atoms with van der Waals surface area (Å²) in [6, 6.07) is 19.1. The van der Waals surface area contributed by atoms with Crippen molar-refractivity contribution in [1.29, 1.82) is 0 Å². The molecule has 1 aliphatic carbocycles. The van der Waals surface area contributed by atoms with Gasteiger partial charge in [-0.05, 0) is 47.9 Å². The molecule has 5 rings (SSSR count). The molecule has 8 heteroatoms. The highest BCUT2D eigenvalue weighted by atomic mass is 35.5. The van der Waals surface area contributed by atoms with Crippen LogP contribution >= 0.6 is 23.2 Å². The molecule has 1 N–H and O–H groups in total. The van der Waals surface area contributed by atoms with Crippen molar-refractivity contribution in [3.8, 4) is 22.8 Å². The van der Waals surface area contributed by atoms with E-state index in [-0.39, 0.29) is 10.9 Å². The Labute approximate surface area is 236 Å². The van der Waals surface area contributed by atoms with Gasteiger partial charge in [0.15, 0.2) is 0 Å². The van der Waals surface area contributed by atoms with Gasteiger partial charge in [-0.15, -0.1) is 11.6 Å². The predicted molar refractivity (Wildman–Crippen MR) is 155 cm³/mol. The fourth-order valence-corrected chi connectivity index (χ4v) is 4.80. The van der Waals surface area contributed by atoms with Crippen molar-refractivity contribution in [2.45, 2.75) is 25.3 Å². The number of hydrogen-bond donors (Lipinski definition) is 1. The van der Waals surface area contributed by atoms with E-state index in [1.165, 1.54) is 18.3 Å². The highest BCUT2D eigenvalue weighted by Gasteiger charge is 2.16. The summed E-state index contributed by atoms with van der Waals surface area (Å²) in [5.74, 6) is 0.887. The first-order valence-corrected chi connectivity index (χ1v) is 13.2. The number of ether oxygens (including phenoxy) is 1. The van der Waals surface area contributed by atoms with Crippen LogP contribution in [0.4, 0.5) is 0 Å². The zero-order valence-electron chi connectivity index (χ0n) is 21.1. The normalized spacial score (nSPS) is 14.9. The van der Waals surface area contributed by atoms with E-state index in [0.29, 0.717) is 23.1 Å². The minimum atomic E-state index is -1.03. The van der Waals surface area contributed by atoms with E-state index in [0.717, 1.165) is 40.3 Å². The minimum absolute atomic E-state index is 0.112. The summed E-state index contributed by atoms with van der Waals surface area (Å²) in [6.07, 6.45) is 11.6. The van der Waals surface area contributed by atoms with Crippen molar-refractivity contribution in [1.82, 2.24) is 14.5 Å². The maximum absolute atomic E-state index is 11.0. The molecule has 0 saturated heterocycles. The zero-order valence-corrected chi connectivity index (χ0v) is 22.6. The highest BCUT2D eigenvalue weighted by Crippen LogP contribution is 2.30. The number of pyridine rings is 1. The smallest absolute Gasteiger partial charge is 0.337 e. The van der Waals surface area contributed by atoms with Gasteiger partial charge in [-0.3, -0.25) is 0 Å². The number of rotatable bonds is 8. The number of aromatic carboxylic acids is 1. The molecule has 1 aliphatic rings. The molecule has 0 amide bonds. The molecule has 0 fully saturated rings. The highest BCUT2D eigenvalue weighted by molar-refractivity contribution is 6.38. The van der Waals surface area contributed by atoms with E-state index >= 15 is 0 Å². The van der Waals surface area contributed by atoms with E-state index in [1.54, 1.807) is 0 Å². The van der Waals surface area contributed by atoms with E-state index in [2.05, 4.69) is 40.7 Å². The quantitative estimate of drug-likeness (QED) is 0.224. The lowest BCUT2D eigenvalue weighted by molar-refractivity contribution is 0.0696. The van der Waals surface area contributed by atoms with Crippen LogP contribution in [0, 0.1) is 0 Å². The maximum Gasteiger partial charge on any atom is 0.337 e. The van der Waals surface area contributed by atoms with E-state index in [4.69, 9.17) is 38.0 Å². The number of carbonyl (C=O) groups is 1. The molecule has 1 unspecified atom stereocenters. The third kappa shape index (κ3) is 6.30. The van der Waals surface area contributed by atoms with Crippen LogP contribution in [0.25, 0.3) is 16.7 Å². The molecule has 0 aliphatic heterocycles. The predicted octanol–water partition coefficient (Wildman–Crippen LogP) is 7.73. The number of nitrogens with zero attached hydrogens (tertiary/aromatic N) is 3. The summed E-state index contributed by atoms with van der Waals surface area (Å²) in [5, 5.41) is 9.35. The van der Waals surface area contributed by atoms with Gasteiger partial charge < -0.3 is 14.4 Å². The topological polar surface area (TPSA) is 77.2 Å². The number of aromatic nitrogens is 3. The Morgan fingerprint density at radius 3 is 2.41 bits per heavy atom. The number of allylic oxidation sites excluding steroid dienone is 6. The number of alkyl halides is 1. The van der Waals surface area contributed by atoms with Crippen LogP contribution < -0.4 is 4.74 Å². The first kappa shape index (κ1) is 26.5. The average Bonchev–Trinajstić information content (AvgIpc) is 3.25. The van der Waals surface area contributed by atoms with Gasteiger partial charge in [0, 0.05) is 42.0 Å². The molecule has 2 aromatic carbocycles. The second-order valence-electron chi connectivity index (χ2n) is 8.94. The first-order valence-electron chi connectivity index (χ1n) is 12.4. The summed E-state index contributed by atoms with van der Waals surface area (Å²) in [6.45, 7) is 2.90. The van der Waals surface area contributed by atoms with Gasteiger partial charge in [-0.2, -0.15) is 0 Å². The summed E-state index contributed by atoms with van der Waals surface area (Å²) in [7, 11) is 0. The van der Waals surface area contributed by atoms with E-state index in [9.17, 15) is 4.79 Å². The number of hydrogen-bond acceptors (Lipinski definition) is 4. The van der Waals surface area contributed by atoms with Crippen LogP contribution in [-0.4, -0.2) is 31.0 Å². The second-order valence-corrected chi connectivity index (χ2v) is 9.85. The molecule has 0 saturated carbocycles. The molecule has 2 aromatic heterocycles. The van der Waals surface area contributed by atoms with Crippen LogP contribution in [0.2, 0.25) is 0 Å². The van der Waals surface area contributed by atoms with Crippen LogP contribution in [0.1, 0.15) is 34.4 Å². The van der Waals surface area contributed by atoms with Crippen molar-refractivity contribution in [2.24, 2.45) is 0 Å². The molecule has 1 atom stereocenters. The largest absolute Gasteiger partial charge is 0.478 e. The fraction of sp³-hybridized carbons (Fsp3) is 0.129. The van der Waals surface area contributed by atoms with Gasteiger partial charge >= 0.3 is 5.97 Å². The van der Waals surface area contributed by atoms with Gasteiger partial charge in [0.25, 0.3) is 0 Å². The van der Waals surface area contributed by atoms with Gasteiger partial charge in [0.2, 0.25) is 5.88 Å². The van der Waals surface area contributed by atoms with Gasteiger partial charge in [0.05, 0.1) is 16.6 Å². The van der Waals surface area contributed by atoms with Crippen LogP contribution in [-0.2, 0) is 13.0 Å². The van der Waals surface area contributed by atoms with Crippen molar-refractivity contribution >= 4 is 34.7 Å². The van der Waals surface area contributed by atoms with E-state index < -0.39 is 5.97 Å². The van der Waals surface area contributed by atoms with Crippen molar-refractivity contribution in [3.63, 3.8) is 0 Å². The number of aryl methyl sites for hydroxylation is 1. The monoisotopic (exact) mass is 557 g/mol. The number of carboxylic acid groups (broad SMARTS) is 1. The lowest BCUT2D eigenvalue weighted by Crippen LogP contribution is -2.01. The molecule has 196 valence electrons. The molecule has 0 spiro atoms. The molecule has 4 aromatic rings. The molecule has 6 nitrogen and oxygen atoms in total. The Morgan fingerprint density at radius 2 is 1.77 bits per heavy atom. The Bertz CT molecular complexity index is 1570. The van der Waals surface area contributed by atoms with Crippen molar-refractivity contribution < 1.29 is 14.6 Å². The van der Waals surface area contributed by atoms with Crippen LogP contribution in [0.15, 0.2) is 102 Å². The maximum atomic E-state index is 11.0. The lowest BCUT2D eigenvalue weighted by atomic mass is 10.0. The number of halogens is 2. The van der Waals surface area contributed by atoms with E-state index in [1.807, 2.05) is 54.8 Å². The van der Waals surface area contributed by atoms with Crippen molar-refractivity contribution in [2.75, 3.05) is 0 Å². The molecule has 0 radical (unpaired) electrons. The Morgan fingerprint density at radius 1 is 1.05 bits per heavy atom. The molecular weight excluding hydrogens is 533 g/mol. The molecular formula is C31H25Cl2N3O3. The average molecular weight is 558 g/mol. The third-order valence-electron chi connectivity index (χ3n) is 6.31. The lowest BCUT2D eigenvalue weighted by Gasteiger charge is -2.08. The Kier molecular flexibility index (Phi) is 7.96. The zero-order chi connectivity index (χ0) is 27.4. The standard InChI is InChI=1S/C31H25Cl2N3O3/c1-2-36-19-28(26-5-3-4-24(32)17-27(26)33)35-29(36)16-20-6-8-21(9-7-20)22-10-13-25(14-11-22)39-30-15-12-23(18-34-30)31(37)38/h3-15,17-19,24H,2,16H2,1H3,(H,37,38). The number of carboxylic acids is 1. The number of benzene rings is 2. The van der Waals surface area contributed by atoms with Gasteiger partial charge in [0.1, 0.15) is 11.6 Å². The summed E-state index contributed by atoms with van der Waals surface area (Å²) in [4.78, 5) is 19.9. The summed E-state index contributed by atoms with van der Waals surface area (Å²) in [5.41, 5.74) is 5.08. The molecule has 2 heterocycles. The molecule has 39 heavy (non-hydrogen) atoms. The van der Waals surface area contributed by atoms with Gasteiger partial charge in [-0.1, -0.05) is 66.2 Å². The summed E-state index contributed by atoms with van der Waals surface area (Å²) >= 11 is 12.7. The SMILES string of the molecule is CCn1cc(C2=CC=CC(Cl)C=C2Cl)nc1Cc1ccc(-c2ccc(Oc3ccc(C(=O)O)cn3)cc2)cc1. The Balaban J connectivity index is 1.27. The third-order valence-corrected chi connectivity index (χ3v) is 6.91. The number of imidazole rings is 1. The van der Waals surface area contributed by atoms with Gasteiger partial charge in [-0.25, -0.2) is 14.8 Å². The fourth-order valence-electron chi connectivity index (χ4n) is 4.23. The van der Waals surface area contributed by atoms with Crippen LogP contribution in [0.5, 0.6) is 11.6 Å². The minimum Gasteiger partial charge on any atom is -0.478 e. The summed E-state index contributed by atoms with van der Waals surface area (Å²) < 4.78 is 7.88. The molecule has 0 bridgehead atoms. The Hall–Kier alpha value is -4.13. The first-order chi connectivity index (χ1) is 18.9.